The van der Waals surface area contributed by atoms with E-state index in [2.05, 4.69) is 50.0 Å². The van der Waals surface area contributed by atoms with Gasteiger partial charge in [-0.3, -0.25) is 0 Å². The van der Waals surface area contributed by atoms with Crippen molar-refractivity contribution >= 4 is 17.4 Å². The topological polar surface area (TPSA) is 12.0 Å². The van der Waals surface area contributed by atoms with Crippen LogP contribution >= 0.6 is 11.8 Å². The molecule has 0 radical (unpaired) electrons. The molecule has 16 heavy (non-hydrogen) atoms. The van der Waals surface area contributed by atoms with Crippen LogP contribution in [-0.4, -0.2) is 11.8 Å². The first-order chi connectivity index (χ1) is 7.81. The van der Waals surface area contributed by atoms with Crippen molar-refractivity contribution in [2.45, 2.75) is 37.6 Å². The molecule has 1 rings (SSSR count). The quantitative estimate of drug-likeness (QED) is 0.549. The van der Waals surface area contributed by atoms with E-state index in [1.54, 1.807) is 0 Å². The van der Waals surface area contributed by atoms with Crippen LogP contribution in [0.3, 0.4) is 0 Å². The van der Waals surface area contributed by atoms with Crippen LogP contribution in [0.4, 0.5) is 5.69 Å². The molecule has 0 bridgehead atoms. The Morgan fingerprint density at radius 3 is 2.62 bits per heavy atom. The smallest absolute Gasteiger partial charge is 0.0480 e. The highest BCUT2D eigenvalue weighted by atomic mass is 32.2. The maximum absolute atomic E-state index is 3.76. The molecule has 0 aliphatic rings. The fraction of sp³-hybridized carbons (Fsp3) is 0.429. The van der Waals surface area contributed by atoms with E-state index in [9.17, 15) is 0 Å². The van der Waals surface area contributed by atoms with Crippen molar-refractivity contribution in [3.63, 3.8) is 0 Å². The van der Waals surface area contributed by atoms with Crippen molar-refractivity contribution < 1.29 is 0 Å². The summed E-state index contributed by atoms with van der Waals surface area (Å²) < 4.78 is 0. The van der Waals surface area contributed by atoms with E-state index in [1.165, 1.54) is 10.6 Å². The van der Waals surface area contributed by atoms with Crippen LogP contribution in [0.1, 0.15) is 26.7 Å². The Bertz CT molecular complexity index is 318. The van der Waals surface area contributed by atoms with Crippen molar-refractivity contribution in [2.75, 3.05) is 11.1 Å². The lowest BCUT2D eigenvalue weighted by molar-refractivity contribution is 0.670. The summed E-state index contributed by atoms with van der Waals surface area (Å²) in [6, 6.07) is 9.07. The molecule has 0 saturated heterocycles. The first-order valence-corrected chi connectivity index (χ1v) is 6.89. The zero-order valence-corrected chi connectivity index (χ0v) is 11.0. The Balaban J connectivity index is 2.73. The average molecular weight is 235 g/mol. The van der Waals surface area contributed by atoms with E-state index in [1.807, 2.05) is 17.8 Å². The van der Waals surface area contributed by atoms with Gasteiger partial charge in [0.15, 0.2) is 0 Å². The predicted octanol–water partition coefficient (Wildman–Crippen LogP) is 4.57. The first-order valence-electron chi connectivity index (χ1n) is 5.91. The number of thioether (sulfide) groups is 1. The van der Waals surface area contributed by atoms with E-state index in [4.69, 9.17) is 0 Å². The number of hydrogen-bond donors (Lipinski definition) is 1. The van der Waals surface area contributed by atoms with Gasteiger partial charge in [-0.05, 0) is 25.0 Å². The first kappa shape index (κ1) is 13.2. The molecule has 1 nitrogen and oxygen atoms in total. The van der Waals surface area contributed by atoms with Crippen LogP contribution in [0.15, 0.2) is 41.8 Å². The monoisotopic (exact) mass is 235 g/mol. The Hall–Kier alpha value is -0.890. The van der Waals surface area contributed by atoms with Gasteiger partial charge >= 0.3 is 0 Å². The largest absolute Gasteiger partial charge is 0.381 e. The summed E-state index contributed by atoms with van der Waals surface area (Å²) in [4.78, 5) is 1.31. The van der Waals surface area contributed by atoms with Crippen molar-refractivity contribution in [3.8, 4) is 0 Å². The molecule has 0 unspecified atom stereocenters. The van der Waals surface area contributed by atoms with Crippen molar-refractivity contribution in [2.24, 2.45) is 0 Å². The fourth-order valence-electron chi connectivity index (χ4n) is 1.57. The predicted molar refractivity (Wildman–Crippen MR) is 75.4 cm³/mol. The Kier molecular flexibility index (Phi) is 6.09. The van der Waals surface area contributed by atoms with Gasteiger partial charge in [0.2, 0.25) is 0 Å². The fourth-order valence-corrected chi connectivity index (χ4v) is 2.33. The van der Waals surface area contributed by atoms with Crippen molar-refractivity contribution in [3.05, 3.63) is 36.9 Å². The molecule has 0 amide bonds. The number of para-hydroxylation sites is 1. The summed E-state index contributed by atoms with van der Waals surface area (Å²) in [6.45, 7) is 8.20. The Labute approximate surface area is 103 Å². The lowest BCUT2D eigenvalue weighted by Gasteiger charge is -2.18. The van der Waals surface area contributed by atoms with E-state index in [-0.39, 0.29) is 0 Å². The number of rotatable bonds is 7. The molecule has 1 aromatic rings. The molecule has 0 spiro atoms. The maximum Gasteiger partial charge on any atom is 0.0480 e. The van der Waals surface area contributed by atoms with E-state index in [0.717, 1.165) is 18.6 Å². The Morgan fingerprint density at radius 1 is 1.31 bits per heavy atom. The van der Waals surface area contributed by atoms with Gasteiger partial charge in [-0.15, -0.1) is 18.3 Å². The second kappa shape index (κ2) is 7.39. The normalized spacial score (nSPS) is 10.4. The highest BCUT2D eigenvalue weighted by Gasteiger charge is 2.06. The third-order valence-corrected chi connectivity index (χ3v) is 3.66. The van der Waals surface area contributed by atoms with Crippen LogP contribution < -0.4 is 5.32 Å². The number of anilines is 1. The molecule has 0 aromatic heterocycles. The lowest BCUT2D eigenvalue weighted by atomic mass is 10.1. The number of hydrogen-bond acceptors (Lipinski definition) is 2. The van der Waals surface area contributed by atoms with Crippen molar-refractivity contribution in [1.82, 2.24) is 0 Å². The third kappa shape index (κ3) is 3.93. The minimum absolute atomic E-state index is 0.575. The van der Waals surface area contributed by atoms with Crippen LogP contribution in [0.25, 0.3) is 0 Å². The molecule has 1 N–H and O–H groups in total. The average Bonchev–Trinajstić information content (AvgIpc) is 2.34. The molecule has 1 aromatic carbocycles. The minimum atomic E-state index is 0.575. The summed E-state index contributed by atoms with van der Waals surface area (Å²) in [6.07, 6.45) is 4.27. The van der Waals surface area contributed by atoms with Gasteiger partial charge in [0, 0.05) is 22.4 Å². The zero-order chi connectivity index (χ0) is 11.8. The van der Waals surface area contributed by atoms with Gasteiger partial charge in [0.25, 0.3) is 0 Å². The summed E-state index contributed by atoms with van der Waals surface area (Å²) in [5.41, 5.74) is 1.25. The summed E-state index contributed by atoms with van der Waals surface area (Å²) >= 11 is 1.83. The van der Waals surface area contributed by atoms with E-state index >= 15 is 0 Å². The zero-order valence-electron chi connectivity index (χ0n) is 10.2. The van der Waals surface area contributed by atoms with Crippen LogP contribution in [-0.2, 0) is 0 Å². The van der Waals surface area contributed by atoms with Gasteiger partial charge in [-0.25, -0.2) is 0 Å². The molecule has 0 atom stereocenters. The third-order valence-electron chi connectivity index (χ3n) is 2.59. The molecule has 0 aliphatic heterocycles. The molecule has 0 fully saturated rings. The van der Waals surface area contributed by atoms with Crippen LogP contribution in [0.5, 0.6) is 0 Å². The SMILES string of the molecule is C=CCSc1ccccc1NC(CC)CC. The standard InChI is InChI=1S/C14H21NS/c1-4-11-16-14-10-8-7-9-13(14)15-12(5-2)6-3/h4,7-10,12,15H,1,5-6,11H2,2-3H3. The van der Waals surface area contributed by atoms with Gasteiger partial charge in [-0.1, -0.05) is 32.1 Å². The maximum atomic E-state index is 3.76. The van der Waals surface area contributed by atoms with Gasteiger partial charge in [0.05, 0.1) is 0 Å². The molecular formula is C14H21NS. The summed E-state index contributed by atoms with van der Waals surface area (Å²) in [7, 11) is 0. The lowest BCUT2D eigenvalue weighted by Crippen LogP contribution is -2.17. The van der Waals surface area contributed by atoms with E-state index in [0.29, 0.717) is 6.04 Å². The Morgan fingerprint density at radius 2 is 2.00 bits per heavy atom. The number of nitrogens with one attached hydrogen (secondary N) is 1. The second-order valence-electron chi connectivity index (χ2n) is 3.75. The van der Waals surface area contributed by atoms with Crippen molar-refractivity contribution in [1.29, 1.82) is 0 Å². The molecule has 88 valence electrons. The highest BCUT2D eigenvalue weighted by Crippen LogP contribution is 2.28. The van der Waals surface area contributed by atoms with Gasteiger partial charge in [-0.2, -0.15) is 0 Å². The van der Waals surface area contributed by atoms with Gasteiger partial charge in [0.1, 0.15) is 0 Å². The van der Waals surface area contributed by atoms with Crippen LogP contribution in [0, 0.1) is 0 Å². The minimum Gasteiger partial charge on any atom is -0.381 e. The molecule has 0 aliphatic carbocycles. The van der Waals surface area contributed by atoms with E-state index < -0.39 is 0 Å². The second-order valence-corrected chi connectivity index (χ2v) is 4.82. The molecule has 2 heteroatoms. The van der Waals surface area contributed by atoms with Gasteiger partial charge < -0.3 is 5.32 Å². The summed E-state index contributed by atoms with van der Waals surface area (Å²) in [5, 5.41) is 3.60. The van der Waals surface area contributed by atoms with Crippen LogP contribution in [0.2, 0.25) is 0 Å². The molecular weight excluding hydrogens is 214 g/mol. The summed E-state index contributed by atoms with van der Waals surface area (Å²) in [5.74, 6) is 0.960. The number of benzene rings is 1. The molecule has 0 saturated carbocycles. The molecule has 0 heterocycles. The highest BCUT2D eigenvalue weighted by molar-refractivity contribution is 7.99.